The molecule has 0 amide bonds. The monoisotopic (exact) mass is 560 g/mol. The predicted octanol–water partition coefficient (Wildman–Crippen LogP) is 8.01. The van der Waals surface area contributed by atoms with E-state index in [0.717, 1.165) is 56.5 Å². The summed E-state index contributed by atoms with van der Waals surface area (Å²) < 4.78 is 12.8. The van der Waals surface area contributed by atoms with Crippen molar-refractivity contribution < 1.29 is 9.47 Å². The molecule has 0 N–H and O–H groups in total. The van der Waals surface area contributed by atoms with Gasteiger partial charge in [-0.3, -0.25) is 0 Å². The Morgan fingerprint density at radius 2 is 1.39 bits per heavy atom. The van der Waals surface area contributed by atoms with E-state index in [4.69, 9.17) is 9.47 Å². The maximum Gasteiger partial charge on any atom is 0.141 e. The minimum atomic E-state index is 0.0750. The Morgan fingerprint density at radius 3 is 2.12 bits per heavy atom. The molecule has 8 rings (SSSR count). The number of ether oxygens (including phenoxy) is 2. The van der Waals surface area contributed by atoms with Crippen molar-refractivity contribution in [2.75, 3.05) is 0 Å². The number of thioether (sulfide) groups is 1. The Balaban J connectivity index is 0.983. The van der Waals surface area contributed by atoms with Crippen LogP contribution in [0.5, 0.6) is 0 Å². The summed E-state index contributed by atoms with van der Waals surface area (Å²) in [7, 11) is 0. The highest BCUT2D eigenvalue weighted by Crippen LogP contribution is 2.43. The summed E-state index contributed by atoms with van der Waals surface area (Å²) >= 11 is 1.94. The highest BCUT2D eigenvalue weighted by molar-refractivity contribution is 8.06. The normalized spacial score (nSPS) is 32.9. The fourth-order valence-electron chi connectivity index (χ4n) is 7.18. The molecular formula is C36H36N2O2S. The molecule has 4 nitrogen and oxygen atoms in total. The van der Waals surface area contributed by atoms with Crippen LogP contribution in [0.15, 0.2) is 142 Å². The summed E-state index contributed by atoms with van der Waals surface area (Å²) in [5.74, 6) is 2.11. The first kappa shape index (κ1) is 25.2. The lowest BCUT2D eigenvalue weighted by atomic mass is 9.93. The van der Waals surface area contributed by atoms with Gasteiger partial charge in [0.2, 0.25) is 0 Å². The molecule has 2 aliphatic heterocycles. The number of fused-ring (bicyclic) bond motifs is 2. The molecule has 0 fully saturated rings. The zero-order valence-corrected chi connectivity index (χ0v) is 24.1. The van der Waals surface area contributed by atoms with Crippen LogP contribution in [-0.4, -0.2) is 40.1 Å². The second-order valence-electron chi connectivity index (χ2n) is 11.6. The molecule has 0 aromatic carbocycles. The Labute approximate surface area is 247 Å². The average Bonchev–Trinajstić information content (AvgIpc) is 3.03. The molecule has 0 saturated heterocycles. The highest BCUT2D eigenvalue weighted by atomic mass is 32.2. The van der Waals surface area contributed by atoms with Gasteiger partial charge in [0, 0.05) is 10.6 Å². The van der Waals surface area contributed by atoms with Gasteiger partial charge < -0.3 is 19.3 Å². The van der Waals surface area contributed by atoms with Gasteiger partial charge in [-0.2, -0.15) is 0 Å². The van der Waals surface area contributed by atoms with Gasteiger partial charge in [-0.25, -0.2) is 0 Å². The second kappa shape index (κ2) is 10.7. The van der Waals surface area contributed by atoms with Crippen molar-refractivity contribution in [3.05, 3.63) is 142 Å². The fourth-order valence-corrected chi connectivity index (χ4v) is 8.15. The highest BCUT2D eigenvalue weighted by Gasteiger charge is 2.39. The second-order valence-corrected chi connectivity index (χ2v) is 12.8. The van der Waals surface area contributed by atoms with Gasteiger partial charge in [-0.1, -0.05) is 84.7 Å². The first-order chi connectivity index (χ1) is 20.3. The van der Waals surface area contributed by atoms with E-state index < -0.39 is 0 Å². The van der Waals surface area contributed by atoms with E-state index in [2.05, 4.69) is 113 Å². The lowest BCUT2D eigenvalue weighted by Gasteiger charge is -2.47. The number of hydrogen-bond acceptors (Lipinski definition) is 5. The van der Waals surface area contributed by atoms with Gasteiger partial charge >= 0.3 is 0 Å². The Morgan fingerprint density at radius 1 is 0.683 bits per heavy atom. The molecule has 2 heterocycles. The van der Waals surface area contributed by atoms with Crippen LogP contribution >= 0.6 is 11.8 Å². The van der Waals surface area contributed by atoms with Crippen LogP contribution in [0.4, 0.5) is 0 Å². The van der Waals surface area contributed by atoms with Crippen LogP contribution in [0.2, 0.25) is 0 Å². The van der Waals surface area contributed by atoms with Crippen molar-refractivity contribution >= 4 is 11.8 Å². The van der Waals surface area contributed by atoms with E-state index in [9.17, 15) is 0 Å². The Kier molecular flexibility index (Phi) is 6.56. The number of nitrogens with zero attached hydrogens (tertiary/aromatic N) is 2. The van der Waals surface area contributed by atoms with Crippen molar-refractivity contribution in [1.29, 1.82) is 0 Å². The maximum atomic E-state index is 6.38. The van der Waals surface area contributed by atoms with Gasteiger partial charge in [0.1, 0.15) is 23.7 Å². The third kappa shape index (κ3) is 4.64. The topological polar surface area (TPSA) is 24.9 Å². The summed E-state index contributed by atoms with van der Waals surface area (Å²) in [6, 6.07) is 0.857. The molecule has 41 heavy (non-hydrogen) atoms. The van der Waals surface area contributed by atoms with Crippen molar-refractivity contribution in [3.63, 3.8) is 0 Å². The Hall–Kier alpha value is -3.57. The fraction of sp³-hybridized carbons (Fsp3) is 0.333. The standard InChI is InChI=1S/C36H36N2O2S/c1-5-13-33-29(9-1)37(30-10-2-6-14-34(30)39-33)25-17-21-27(22-18-25)41-28-23-19-26(20-24-28)38-31-11-3-7-15-35(31)40-36-16-8-4-12-32(36)38/h1,3,5-9,11,13-17,19,21-23,25,29,31,33,35H,2,4,10,12,18,20,24H2. The van der Waals surface area contributed by atoms with Crippen LogP contribution < -0.4 is 0 Å². The molecule has 0 radical (unpaired) electrons. The number of rotatable bonds is 4. The summed E-state index contributed by atoms with van der Waals surface area (Å²) in [5, 5.41) is 0. The molecule has 5 heteroatoms. The molecular weight excluding hydrogens is 524 g/mol. The maximum absolute atomic E-state index is 6.38. The molecule has 5 atom stereocenters. The molecule has 6 aliphatic carbocycles. The van der Waals surface area contributed by atoms with E-state index in [0.29, 0.717) is 6.04 Å². The van der Waals surface area contributed by atoms with E-state index in [1.807, 2.05) is 11.8 Å². The first-order valence-electron chi connectivity index (χ1n) is 15.2. The zero-order chi connectivity index (χ0) is 27.2. The van der Waals surface area contributed by atoms with Crippen LogP contribution in [-0.2, 0) is 9.47 Å². The van der Waals surface area contributed by atoms with Crippen molar-refractivity contribution in [3.8, 4) is 0 Å². The molecule has 0 aromatic heterocycles. The SMILES string of the molecule is C1=CC2OC3=C(CCC=C3)N(C3=CC=C(SC4=CCC(N5C6=C(C=CCC6)OC6C=CC=CC65)C=C4)CC3)C2C=C1. The molecule has 0 bridgehead atoms. The summed E-state index contributed by atoms with van der Waals surface area (Å²) in [6.07, 6.45) is 45.9. The van der Waals surface area contributed by atoms with Gasteiger partial charge in [-0.05, 0) is 80.2 Å². The first-order valence-corrected chi connectivity index (χ1v) is 16.0. The van der Waals surface area contributed by atoms with Crippen LogP contribution in [0.25, 0.3) is 0 Å². The van der Waals surface area contributed by atoms with Crippen LogP contribution in [0, 0.1) is 0 Å². The smallest absolute Gasteiger partial charge is 0.141 e. The largest absolute Gasteiger partial charge is 0.482 e. The van der Waals surface area contributed by atoms with Gasteiger partial charge in [0.25, 0.3) is 0 Å². The third-order valence-corrected chi connectivity index (χ3v) is 10.3. The zero-order valence-electron chi connectivity index (χ0n) is 23.3. The lowest BCUT2D eigenvalue weighted by Crippen LogP contribution is -2.51. The molecule has 208 valence electrons. The molecule has 0 aromatic rings. The minimum absolute atomic E-state index is 0.0750. The number of hydrogen-bond donors (Lipinski definition) is 0. The van der Waals surface area contributed by atoms with Crippen LogP contribution in [0.1, 0.15) is 44.9 Å². The van der Waals surface area contributed by atoms with E-state index in [1.165, 1.54) is 26.9 Å². The quantitative estimate of drug-likeness (QED) is 0.347. The van der Waals surface area contributed by atoms with Gasteiger partial charge in [-0.15, -0.1) is 0 Å². The molecule has 8 aliphatic rings. The van der Waals surface area contributed by atoms with Crippen molar-refractivity contribution in [2.45, 2.75) is 75.3 Å². The minimum Gasteiger partial charge on any atom is -0.482 e. The summed E-state index contributed by atoms with van der Waals surface area (Å²) in [4.78, 5) is 8.01. The molecule has 0 spiro atoms. The predicted molar refractivity (Wildman–Crippen MR) is 167 cm³/mol. The summed E-state index contributed by atoms with van der Waals surface area (Å²) in [6.45, 7) is 0. The van der Waals surface area contributed by atoms with Gasteiger partial charge in [0.15, 0.2) is 0 Å². The van der Waals surface area contributed by atoms with E-state index in [-0.39, 0.29) is 24.3 Å². The van der Waals surface area contributed by atoms with Crippen LogP contribution in [0.3, 0.4) is 0 Å². The Bertz CT molecular complexity index is 1490. The molecule has 0 saturated carbocycles. The van der Waals surface area contributed by atoms with E-state index >= 15 is 0 Å². The van der Waals surface area contributed by atoms with Crippen molar-refractivity contribution in [2.24, 2.45) is 0 Å². The van der Waals surface area contributed by atoms with Gasteiger partial charge in [0.05, 0.1) is 29.5 Å². The third-order valence-electron chi connectivity index (χ3n) is 9.11. The lowest BCUT2D eigenvalue weighted by molar-refractivity contribution is 0.0388. The summed E-state index contributed by atoms with van der Waals surface area (Å²) in [5.41, 5.74) is 4.11. The number of allylic oxidation sites excluding steroid dienone is 15. The molecule has 5 unspecified atom stereocenters. The van der Waals surface area contributed by atoms with Crippen molar-refractivity contribution in [1.82, 2.24) is 9.80 Å². The average molecular weight is 561 g/mol. The van der Waals surface area contributed by atoms with E-state index in [1.54, 1.807) is 0 Å².